The maximum Gasteiger partial charge on any atom is 0.252 e. The summed E-state index contributed by atoms with van der Waals surface area (Å²) in [5.41, 5.74) is 8.22. The van der Waals surface area contributed by atoms with E-state index in [2.05, 4.69) is 0 Å². The predicted octanol–water partition coefficient (Wildman–Crippen LogP) is 2.95. The molecule has 1 amide bonds. The zero-order chi connectivity index (χ0) is 19.0. The van der Waals surface area contributed by atoms with E-state index in [0.29, 0.717) is 26.0 Å². The third-order valence-electron chi connectivity index (χ3n) is 5.42. The molecule has 0 aromatic heterocycles. The SMILES string of the molecule is N[C@@H]1CCO[C@@H](C(=O)N2CCc3ccccc3[C@@H]2c2ccc(F)cc2F)C1. The largest absolute Gasteiger partial charge is 0.368 e. The highest BCUT2D eigenvalue weighted by Gasteiger charge is 2.38. The normalized spacial score (nSPS) is 25.1. The summed E-state index contributed by atoms with van der Waals surface area (Å²) in [6, 6.07) is 10.5. The highest BCUT2D eigenvalue weighted by molar-refractivity contribution is 5.82. The monoisotopic (exact) mass is 372 g/mol. The maximum atomic E-state index is 14.6. The average molecular weight is 372 g/mol. The first-order valence-corrected chi connectivity index (χ1v) is 9.25. The lowest BCUT2D eigenvalue weighted by Gasteiger charge is -2.40. The number of benzene rings is 2. The zero-order valence-electron chi connectivity index (χ0n) is 14.9. The van der Waals surface area contributed by atoms with Gasteiger partial charge in [-0.2, -0.15) is 0 Å². The number of carbonyl (C=O) groups excluding carboxylic acids is 1. The van der Waals surface area contributed by atoms with Gasteiger partial charge in [0.1, 0.15) is 17.7 Å². The fourth-order valence-electron chi connectivity index (χ4n) is 4.04. The van der Waals surface area contributed by atoms with Gasteiger partial charge in [-0.3, -0.25) is 4.79 Å². The summed E-state index contributed by atoms with van der Waals surface area (Å²) in [5.74, 6) is -1.48. The minimum absolute atomic E-state index is 0.0780. The van der Waals surface area contributed by atoms with Gasteiger partial charge in [0.15, 0.2) is 0 Å². The molecule has 0 aliphatic carbocycles. The van der Waals surface area contributed by atoms with Gasteiger partial charge in [0.25, 0.3) is 5.91 Å². The fraction of sp³-hybridized carbons (Fsp3) is 0.381. The molecule has 2 aromatic rings. The number of rotatable bonds is 2. The summed E-state index contributed by atoms with van der Waals surface area (Å²) in [5, 5.41) is 0. The van der Waals surface area contributed by atoms with Crippen LogP contribution in [0.2, 0.25) is 0 Å². The van der Waals surface area contributed by atoms with E-state index in [-0.39, 0.29) is 17.5 Å². The molecule has 2 aromatic carbocycles. The van der Waals surface area contributed by atoms with Crippen LogP contribution in [-0.2, 0) is 16.0 Å². The van der Waals surface area contributed by atoms with E-state index in [1.54, 1.807) is 4.90 Å². The minimum Gasteiger partial charge on any atom is -0.368 e. The summed E-state index contributed by atoms with van der Waals surface area (Å²) in [6.45, 7) is 0.893. The Labute approximate surface area is 156 Å². The third kappa shape index (κ3) is 3.47. The molecule has 1 fully saturated rings. The van der Waals surface area contributed by atoms with Crippen LogP contribution in [0.5, 0.6) is 0 Å². The molecule has 0 spiro atoms. The van der Waals surface area contributed by atoms with Crippen molar-refractivity contribution in [3.63, 3.8) is 0 Å². The van der Waals surface area contributed by atoms with E-state index in [1.165, 1.54) is 12.1 Å². The highest BCUT2D eigenvalue weighted by atomic mass is 19.1. The summed E-state index contributed by atoms with van der Waals surface area (Å²) < 4.78 is 33.7. The Morgan fingerprint density at radius 1 is 1.15 bits per heavy atom. The molecular weight excluding hydrogens is 350 g/mol. The Balaban J connectivity index is 1.75. The molecule has 1 saturated heterocycles. The standard InChI is InChI=1S/C21H22F2N2O2/c22-14-5-6-17(18(23)11-14)20-16-4-2-1-3-13(16)7-9-25(20)21(26)19-12-15(24)8-10-27-19/h1-6,11,15,19-20H,7-10,12,24H2/t15-,19-,20-/m1/s1. The van der Waals surface area contributed by atoms with Gasteiger partial charge in [-0.05, 0) is 36.5 Å². The van der Waals surface area contributed by atoms with Gasteiger partial charge in [0, 0.05) is 30.8 Å². The van der Waals surface area contributed by atoms with E-state index in [0.717, 1.165) is 23.6 Å². The number of nitrogens with zero attached hydrogens (tertiary/aromatic N) is 1. The van der Waals surface area contributed by atoms with Gasteiger partial charge >= 0.3 is 0 Å². The molecule has 2 aliphatic heterocycles. The van der Waals surface area contributed by atoms with Crippen LogP contribution in [0.15, 0.2) is 42.5 Å². The van der Waals surface area contributed by atoms with Crippen LogP contribution >= 0.6 is 0 Å². The van der Waals surface area contributed by atoms with Crippen LogP contribution < -0.4 is 5.73 Å². The summed E-state index contributed by atoms with van der Waals surface area (Å²) >= 11 is 0. The number of carbonyl (C=O) groups is 1. The second kappa shape index (κ2) is 7.37. The van der Waals surface area contributed by atoms with Crippen molar-refractivity contribution in [3.05, 3.63) is 70.8 Å². The molecule has 2 aliphatic rings. The maximum absolute atomic E-state index is 14.6. The van der Waals surface area contributed by atoms with Gasteiger partial charge in [0.2, 0.25) is 0 Å². The summed E-state index contributed by atoms with van der Waals surface area (Å²) in [6.07, 6.45) is 1.24. The number of nitrogens with two attached hydrogens (primary N) is 1. The van der Waals surface area contributed by atoms with Crippen LogP contribution in [0.3, 0.4) is 0 Å². The average Bonchev–Trinajstić information content (AvgIpc) is 2.67. The van der Waals surface area contributed by atoms with Gasteiger partial charge in [-0.1, -0.05) is 30.3 Å². The van der Waals surface area contributed by atoms with Crippen molar-refractivity contribution in [2.75, 3.05) is 13.2 Å². The first kappa shape index (κ1) is 18.1. The highest BCUT2D eigenvalue weighted by Crippen LogP contribution is 2.37. The molecule has 3 atom stereocenters. The molecule has 0 radical (unpaired) electrons. The summed E-state index contributed by atoms with van der Waals surface area (Å²) in [7, 11) is 0. The van der Waals surface area contributed by atoms with Gasteiger partial charge in [-0.25, -0.2) is 8.78 Å². The Bertz CT molecular complexity index is 858. The molecule has 2 heterocycles. The molecule has 2 N–H and O–H groups in total. The second-order valence-corrected chi connectivity index (χ2v) is 7.19. The quantitative estimate of drug-likeness (QED) is 0.882. The van der Waals surface area contributed by atoms with Gasteiger partial charge < -0.3 is 15.4 Å². The Morgan fingerprint density at radius 3 is 2.74 bits per heavy atom. The third-order valence-corrected chi connectivity index (χ3v) is 5.42. The molecule has 0 bridgehead atoms. The second-order valence-electron chi connectivity index (χ2n) is 7.19. The molecule has 27 heavy (non-hydrogen) atoms. The lowest BCUT2D eigenvalue weighted by molar-refractivity contribution is -0.149. The van der Waals surface area contributed by atoms with E-state index in [1.807, 2.05) is 24.3 Å². The fourth-order valence-corrected chi connectivity index (χ4v) is 4.04. The first-order chi connectivity index (χ1) is 13.0. The van der Waals surface area contributed by atoms with Crippen molar-refractivity contribution in [1.82, 2.24) is 4.90 Å². The van der Waals surface area contributed by atoms with Crippen LogP contribution in [0.1, 0.15) is 35.6 Å². The number of amides is 1. The Hall–Kier alpha value is -2.31. The molecular formula is C21H22F2N2O2. The molecule has 4 rings (SSSR count). The zero-order valence-corrected chi connectivity index (χ0v) is 14.9. The van der Waals surface area contributed by atoms with Crippen LogP contribution in [0, 0.1) is 11.6 Å². The van der Waals surface area contributed by atoms with E-state index >= 15 is 0 Å². The lowest BCUT2D eigenvalue weighted by atomic mass is 9.87. The van der Waals surface area contributed by atoms with Crippen LogP contribution in [-0.4, -0.2) is 36.1 Å². The Kier molecular flexibility index (Phi) is 4.93. The molecule has 0 saturated carbocycles. The summed E-state index contributed by atoms with van der Waals surface area (Å²) in [4.78, 5) is 14.9. The van der Waals surface area contributed by atoms with Crippen molar-refractivity contribution < 1.29 is 18.3 Å². The molecule has 4 nitrogen and oxygen atoms in total. The van der Waals surface area contributed by atoms with Crippen molar-refractivity contribution in [2.45, 2.75) is 37.5 Å². The number of fused-ring (bicyclic) bond motifs is 1. The van der Waals surface area contributed by atoms with Crippen LogP contribution in [0.4, 0.5) is 8.78 Å². The van der Waals surface area contributed by atoms with Crippen molar-refractivity contribution in [2.24, 2.45) is 5.73 Å². The molecule has 6 heteroatoms. The van der Waals surface area contributed by atoms with E-state index in [4.69, 9.17) is 10.5 Å². The Morgan fingerprint density at radius 2 is 1.96 bits per heavy atom. The number of halogens is 2. The van der Waals surface area contributed by atoms with Gasteiger partial charge in [0.05, 0.1) is 6.04 Å². The number of ether oxygens (including phenoxy) is 1. The van der Waals surface area contributed by atoms with Gasteiger partial charge in [-0.15, -0.1) is 0 Å². The predicted molar refractivity (Wildman–Crippen MR) is 97.0 cm³/mol. The molecule has 142 valence electrons. The van der Waals surface area contributed by atoms with Crippen LogP contribution in [0.25, 0.3) is 0 Å². The number of hydrogen-bond donors (Lipinski definition) is 1. The van der Waals surface area contributed by atoms with E-state index < -0.39 is 23.8 Å². The van der Waals surface area contributed by atoms with E-state index in [9.17, 15) is 13.6 Å². The number of hydrogen-bond acceptors (Lipinski definition) is 3. The minimum atomic E-state index is -0.657. The van der Waals surface area contributed by atoms with Crippen molar-refractivity contribution in [1.29, 1.82) is 0 Å². The van der Waals surface area contributed by atoms with Crippen molar-refractivity contribution in [3.8, 4) is 0 Å². The first-order valence-electron chi connectivity index (χ1n) is 9.25. The topological polar surface area (TPSA) is 55.6 Å². The van der Waals surface area contributed by atoms with Crippen molar-refractivity contribution >= 4 is 5.91 Å². The molecule has 0 unspecified atom stereocenters. The lowest BCUT2D eigenvalue weighted by Crippen LogP contribution is -2.49. The smallest absolute Gasteiger partial charge is 0.252 e.